The molecule has 0 radical (unpaired) electrons. The van der Waals surface area contributed by atoms with Gasteiger partial charge in [-0.3, -0.25) is 0 Å². The third-order valence-electron chi connectivity index (χ3n) is 2.65. The van der Waals surface area contributed by atoms with E-state index in [-0.39, 0.29) is 5.75 Å². The molecule has 0 aliphatic carbocycles. The number of hydrogen-bond donors (Lipinski definition) is 0. The quantitative estimate of drug-likeness (QED) is 0.723. The number of hydrogen-bond acceptors (Lipinski definition) is 3. The second-order valence-electron chi connectivity index (χ2n) is 5.53. The van der Waals surface area contributed by atoms with Crippen LogP contribution in [0.2, 0.25) is 0 Å². The molecular formula is C14H21ClO3S. The van der Waals surface area contributed by atoms with Crippen molar-refractivity contribution in [3.63, 3.8) is 0 Å². The Morgan fingerprint density at radius 3 is 2.26 bits per heavy atom. The van der Waals surface area contributed by atoms with Gasteiger partial charge in [0, 0.05) is 16.1 Å². The van der Waals surface area contributed by atoms with Crippen molar-refractivity contribution in [1.29, 1.82) is 0 Å². The van der Waals surface area contributed by atoms with Crippen molar-refractivity contribution in [1.82, 2.24) is 0 Å². The predicted molar refractivity (Wildman–Crippen MR) is 79.4 cm³/mol. The topological polar surface area (TPSA) is 43.4 Å². The van der Waals surface area contributed by atoms with E-state index in [0.29, 0.717) is 6.61 Å². The first kappa shape index (κ1) is 16.3. The van der Waals surface area contributed by atoms with Gasteiger partial charge in [0.25, 0.3) is 0 Å². The Balaban J connectivity index is 2.56. The summed E-state index contributed by atoms with van der Waals surface area (Å²) in [6.45, 7) is 6.09. The second kappa shape index (κ2) is 6.62. The summed E-state index contributed by atoms with van der Waals surface area (Å²) >= 11 is 0. The van der Waals surface area contributed by atoms with Gasteiger partial charge in [0.15, 0.2) is 0 Å². The van der Waals surface area contributed by atoms with Crippen LogP contribution < -0.4 is 4.74 Å². The van der Waals surface area contributed by atoms with Gasteiger partial charge in [0.2, 0.25) is 9.05 Å². The van der Waals surface area contributed by atoms with Crippen LogP contribution in [-0.4, -0.2) is 20.8 Å². The van der Waals surface area contributed by atoms with E-state index in [2.05, 4.69) is 6.92 Å². The van der Waals surface area contributed by atoms with Crippen molar-refractivity contribution in [3.05, 3.63) is 29.8 Å². The molecule has 3 nitrogen and oxygen atoms in total. The van der Waals surface area contributed by atoms with Crippen molar-refractivity contribution in [2.75, 3.05) is 12.4 Å². The fourth-order valence-electron chi connectivity index (χ4n) is 1.83. The number of benzene rings is 1. The first-order valence-electron chi connectivity index (χ1n) is 6.36. The van der Waals surface area contributed by atoms with Crippen LogP contribution in [0.4, 0.5) is 0 Å². The molecular weight excluding hydrogens is 284 g/mol. The van der Waals surface area contributed by atoms with Gasteiger partial charge >= 0.3 is 0 Å². The Morgan fingerprint density at radius 2 is 1.79 bits per heavy atom. The Hall–Kier alpha value is -0.740. The highest BCUT2D eigenvalue weighted by atomic mass is 35.7. The molecule has 1 rings (SSSR count). The van der Waals surface area contributed by atoms with Crippen molar-refractivity contribution in [2.24, 2.45) is 5.41 Å². The van der Waals surface area contributed by atoms with E-state index < -0.39 is 14.5 Å². The molecule has 0 heterocycles. The molecule has 0 unspecified atom stereocenters. The van der Waals surface area contributed by atoms with Crippen LogP contribution in [0, 0.1) is 5.41 Å². The first-order valence-corrected chi connectivity index (χ1v) is 8.84. The summed E-state index contributed by atoms with van der Waals surface area (Å²) in [5.41, 5.74) is 0.764. The van der Waals surface area contributed by atoms with Crippen molar-refractivity contribution >= 4 is 19.7 Å². The largest absolute Gasteiger partial charge is 0.493 e. The molecule has 0 saturated heterocycles. The molecule has 0 bridgehead atoms. The summed E-state index contributed by atoms with van der Waals surface area (Å²) < 4.78 is 27.8. The summed E-state index contributed by atoms with van der Waals surface area (Å²) in [4.78, 5) is 0. The summed E-state index contributed by atoms with van der Waals surface area (Å²) in [6.07, 6.45) is 2.16. The lowest BCUT2D eigenvalue weighted by molar-refractivity contribution is 0.200. The molecule has 1 aromatic rings. The van der Waals surface area contributed by atoms with Crippen LogP contribution >= 0.6 is 10.7 Å². The Labute approximate surface area is 120 Å². The molecule has 19 heavy (non-hydrogen) atoms. The number of ether oxygens (including phenoxy) is 1. The number of aryl methyl sites for hydroxylation is 1. The maximum Gasteiger partial charge on any atom is 0.233 e. The van der Waals surface area contributed by atoms with E-state index in [1.54, 1.807) is 0 Å². The van der Waals surface area contributed by atoms with Crippen molar-refractivity contribution < 1.29 is 13.2 Å². The fraction of sp³-hybridized carbons (Fsp3) is 0.571. The average Bonchev–Trinajstić information content (AvgIpc) is 2.25. The summed E-state index contributed by atoms with van der Waals surface area (Å²) in [5.74, 6) is 0.648. The Morgan fingerprint density at radius 1 is 1.21 bits per heavy atom. The molecule has 0 aliphatic rings. The highest BCUT2D eigenvalue weighted by Gasteiger charge is 2.25. The third-order valence-corrected chi connectivity index (χ3v) is 4.11. The Bertz CT molecular complexity index is 492. The molecule has 0 N–H and O–H groups in total. The SMILES string of the molecule is CCCc1ccc(OCC(C)(C)CS(=O)(=O)Cl)cc1. The maximum absolute atomic E-state index is 11.1. The standard InChI is InChI=1S/C14H21ClO3S/c1-4-5-12-6-8-13(9-7-12)18-10-14(2,3)11-19(15,16)17/h6-9H,4-5,10-11H2,1-3H3. The van der Waals surface area contributed by atoms with Crippen LogP contribution in [-0.2, 0) is 15.5 Å². The van der Waals surface area contributed by atoms with E-state index in [1.807, 2.05) is 38.1 Å². The van der Waals surface area contributed by atoms with Gasteiger partial charge in [-0.2, -0.15) is 0 Å². The van der Waals surface area contributed by atoms with Gasteiger partial charge in [0.1, 0.15) is 5.75 Å². The Kier molecular flexibility index (Phi) is 5.68. The van der Waals surface area contributed by atoms with Gasteiger partial charge in [-0.15, -0.1) is 0 Å². The molecule has 108 valence electrons. The van der Waals surface area contributed by atoms with E-state index in [0.717, 1.165) is 18.6 Å². The fourth-order valence-corrected chi connectivity index (χ4v) is 3.73. The molecule has 1 aromatic carbocycles. The molecule has 0 saturated carbocycles. The summed E-state index contributed by atoms with van der Waals surface area (Å²) in [7, 11) is 1.76. The maximum atomic E-state index is 11.1. The molecule has 0 amide bonds. The summed E-state index contributed by atoms with van der Waals surface area (Å²) in [5, 5.41) is 0. The van der Waals surface area contributed by atoms with Crippen LogP contribution in [0.5, 0.6) is 5.75 Å². The molecule has 0 spiro atoms. The van der Waals surface area contributed by atoms with Crippen LogP contribution in [0.1, 0.15) is 32.8 Å². The monoisotopic (exact) mass is 304 g/mol. The minimum atomic E-state index is -3.51. The van der Waals surface area contributed by atoms with Crippen molar-refractivity contribution in [2.45, 2.75) is 33.6 Å². The van der Waals surface area contributed by atoms with E-state index in [4.69, 9.17) is 15.4 Å². The number of halogens is 1. The van der Waals surface area contributed by atoms with Gasteiger partial charge in [-0.05, 0) is 24.1 Å². The van der Waals surface area contributed by atoms with Crippen LogP contribution in [0.3, 0.4) is 0 Å². The van der Waals surface area contributed by atoms with Crippen molar-refractivity contribution in [3.8, 4) is 5.75 Å². The molecule has 0 fully saturated rings. The van der Waals surface area contributed by atoms with Gasteiger partial charge in [-0.1, -0.05) is 39.3 Å². The third kappa shape index (κ3) is 6.83. The molecule has 0 aliphatic heterocycles. The zero-order valence-corrected chi connectivity index (χ0v) is 13.2. The van der Waals surface area contributed by atoms with Gasteiger partial charge in [-0.25, -0.2) is 8.42 Å². The van der Waals surface area contributed by atoms with Crippen LogP contribution in [0.25, 0.3) is 0 Å². The van der Waals surface area contributed by atoms with Gasteiger partial charge < -0.3 is 4.74 Å². The van der Waals surface area contributed by atoms with E-state index >= 15 is 0 Å². The van der Waals surface area contributed by atoms with Gasteiger partial charge in [0.05, 0.1) is 12.4 Å². The normalized spacial score (nSPS) is 12.4. The lowest BCUT2D eigenvalue weighted by Crippen LogP contribution is -2.28. The highest BCUT2D eigenvalue weighted by molar-refractivity contribution is 8.13. The second-order valence-corrected chi connectivity index (χ2v) is 8.31. The number of rotatable bonds is 7. The zero-order chi connectivity index (χ0) is 14.5. The highest BCUT2D eigenvalue weighted by Crippen LogP contribution is 2.22. The summed E-state index contributed by atoms with van der Waals surface area (Å²) in [6, 6.07) is 7.89. The first-order chi connectivity index (χ1) is 8.72. The molecule has 0 aromatic heterocycles. The zero-order valence-electron chi connectivity index (χ0n) is 11.6. The lowest BCUT2D eigenvalue weighted by Gasteiger charge is -2.23. The van der Waals surface area contributed by atoms with E-state index in [1.165, 1.54) is 5.56 Å². The smallest absolute Gasteiger partial charge is 0.233 e. The average molecular weight is 305 g/mol. The van der Waals surface area contributed by atoms with E-state index in [9.17, 15) is 8.42 Å². The minimum Gasteiger partial charge on any atom is -0.493 e. The lowest BCUT2D eigenvalue weighted by atomic mass is 9.98. The molecule has 5 heteroatoms. The molecule has 0 atom stereocenters. The minimum absolute atomic E-state index is 0.102. The van der Waals surface area contributed by atoms with Crippen LogP contribution in [0.15, 0.2) is 24.3 Å². The predicted octanol–water partition coefficient (Wildman–Crippen LogP) is 3.61.